The van der Waals surface area contributed by atoms with E-state index in [0.29, 0.717) is 0 Å². The molecule has 0 spiro atoms. The molecular formula is C49H32O. The maximum atomic E-state index is 6.84. The van der Waals surface area contributed by atoms with Gasteiger partial charge in [-0.1, -0.05) is 152 Å². The summed E-state index contributed by atoms with van der Waals surface area (Å²) in [5.41, 5.74) is 19.1. The predicted octanol–water partition coefficient (Wildman–Crippen LogP) is 13.5. The molecule has 1 aliphatic rings. The molecule has 50 heavy (non-hydrogen) atoms. The van der Waals surface area contributed by atoms with Crippen molar-refractivity contribution in [3.63, 3.8) is 0 Å². The van der Waals surface area contributed by atoms with Gasteiger partial charge in [0.25, 0.3) is 0 Å². The summed E-state index contributed by atoms with van der Waals surface area (Å²) in [6, 6.07) is 65.9. The average Bonchev–Trinajstić information content (AvgIpc) is 3.76. The molecular weight excluding hydrogens is 605 g/mol. The first kappa shape index (κ1) is 28.6. The van der Waals surface area contributed by atoms with Crippen LogP contribution in [0, 0.1) is 0 Å². The summed E-state index contributed by atoms with van der Waals surface area (Å²) in [5, 5.41) is 2.24. The van der Waals surface area contributed by atoms with E-state index >= 15 is 0 Å². The second kappa shape index (κ2) is 11.6. The molecule has 0 amide bonds. The van der Waals surface area contributed by atoms with Crippen LogP contribution in [0.2, 0.25) is 0 Å². The van der Waals surface area contributed by atoms with Gasteiger partial charge in [0.2, 0.25) is 0 Å². The second-order valence-corrected chi connectivity index (χ2v) is 13.2. The molecule has 0 saturated carbocycles. The van der Waals surface area contributed by atoms with Gasteiger partial charge in [0.1, 0.15) is 11.2 Å². The van der Waals surface area contributed by atoms with Gasteiger partial charge in [-0.05, 0) is 109 Å². The van der Waals surface area contributed by atoms with Crippen LogP contribution in [0.5, 0.6) is 0 Å². The van der Waals surface area contributed by atoms with E-state index in [1.165, 1.54) is 66.8 Å². The largest absolute Gasteiger partial charge is 0.455 e. The number of fused-ring (bicyclic) bond motifs is 6. The van der Waals surface area contributed by atoms with Crippen LogP contribution in [-0.2, 0) is 6.42 Å². The third-order valence-electron chi connectivity index (χ3n) is 10.3. The SMILES string of the molecule is c1ccc(-c2ccccc2-c2ccc3oc4c(-c5ccc6c(c5)-c5ccccc5C6)cc(-c5ccccc5-c5ccccc5)cc4c3c2)cc1. The molecule has 0 radical (unpaired) electrons. The van der Waals surface area contributed by atoms with Crippen LogP contribution >= 0.6 is 0 Å². The summed E-state index contributed by atoms with van der Waals surface area (Å²) in [4.78, 5) is 0. The van der Waals surface area contributed by atoms with E-state index in [-0.39, 0.29) is 0 Å². The van der Waals surface area contributed by atoms with Crippen LogP contribution in [0.25, 0.3) is 88.7 Å². The van der Waals surface area contributed by atoms with E-state index in [4.69, 9.17) is 4.42 Å². The van der Waals surface area contributed by atoms with E-state index in [0.717, 1.165) is 39.5 Å². The third kappa shape index (κ3) is 4.70. The summed E-state index contributed by atoms with van der Waals surface area (Å²) in [6.07, 6.45) is 0.976. The van der Waals surface area contributed by atoms with Crippen molar-refractivity contribution in [2.45, 2.75) is 6.42 Å². The average molecular weight is 637 g/mol. The first-order valence-electron chi connectivity index (χ1n) is 17.3. The van der Waals surface area contributed by atoms with Gasteiger partial charge in [0.15, 0.2) is 0 Å². The van der Waals surface area contributed by atoms with Crippen molar-refractivity contribution in [2.24, 2.45) is 0 Å². The van der Waals surface area contributed by atoms with Crippen molar-refractivity contribution in [2.75, 3.05) is 0 Å². The van der Waals surface area contributed by atoms with E-state index in [1.807, 2.05) is 0 Å². The van der Waals surface area contributed by atoms with Gasteiger partial charge in [-0.15, -0.1) is 0 Å². The molecule has 0 aliphatic heterocycles. The first-order valence-corrected chi connectivity index (χ1v) is 17.3. The van der Waals surface area contributed by atoms with Gasteiger partial charge < -0.3 is 4.42 Å². The maximum Gasteiger partial charge on any atom is 0.143 e. The summed E-state index contributed by atoms with van der Waals surface area (Å²) in [6.45, 7) is 0. The van der Waals surface area contributed by atoms with Crippen molar-refractivity contribution >= 4 is 21.9 Å². The minimum atomic E-state index is 0.891. The van der Waals surface area contributed by atoms with E-state index in [2.05, 4.69) is 182 Å². The maximum absolute atomic E-state index is 6.84. The Labute approximate surface area is 291 Å². The Balaban J connectivity index is 1.23. The molecule has 1 heterocycles. The van der Waals surface area contributed by atoms with Crippen molar-refractivity contribution in [1.29, 1.82) is 0 Å². The fraction of sp³-hybridized carbons (Fsp3) is 0.0204. The topological polar surface area (TPSA) is 13.1 Å². The van der Waals surface area contributed by atoms with Crippen molar-refractivity contribution in [3.8, 4) is 66.8 Å². The van der Waals surface area contributed by atoms with E-state index in [1.54, 1.807) is 0 Å². The molecule has 1 heteroatoms. The first-order chi connectivity index (χ1) is 24.8. The molecule has 1 aliphatic carbocycles. The zero-order chi connectivity index (χ0) is 33.0. The van der Waals surface area contributed by atoms with Gasteiger partial charge in [-0.25, -0.2) is 0 Å². The summed E-state index contributed by atoms with van der Waals surface area (Å²) in [7, 11) is 0. The highest BCUT2D eigenvalue weighted by atomic mass is 16.3. The van der Waals surface area contributed by atoms with Gasteiger partial charge in [0.05, 0.1) is 0 Å². The zero-order valence-corrected chi connectivity index (χ0v) is 27.4. The van der Waals surface area contributed by atoms with Gasteiger partial charge >= 0.3 is 0 Å². The lowest BCUT2D eigenvalue weighted by Crippen LogP contribution is -1.88. The predicted molar refractivity (Wildman–Crippen MR) is 209 cm³/mol. The molecule has 9 aromatic rings. The number of hydrogen-bond donors (Lipinski definition) is 0. The number of hydrogen-bond acceptors (Lipinski definition) is 1. The van der Waals surface area contributed by atoms with Crippen LogP contribution in [0.3, 0.4) is 0 Å². The Kier molecular flexibility index (Phi) is 6.63. The summed E-state index contributed by atoms with van der Waals surface area (Å²) in [5.74, 6) is 0. The molecule has 0 bridgehead atoms. The highest BCUT2D eigenvalue weighted by Gasteiger charge is 2.22. The minimum absolute atomic E-state index is 0.891. The number of benzene rings is 8. The molecule has 1 aromatic heterocycles. The Morgan fingerprint density at radius 1 is 0.300 bits per heavy atom. The summed E-state index contributed by atoms with van der Waals surface area (Å²) < 4.78 is 6.84. The Bertz CT molecular complexity index is 2710. The normalized spacial score (nSPS) is 11.9. The summed E-state index contributed by atoms with van der Waals surface area (Å²) >= 11 is 0. The van der Waals surface area contributed by atoms with Gasteiger partial charge in [0, 0.05) is 16.3 Å². The Hall–Kier alpha value is -6.44. The standard InChI is InChI=1S/C49H32O/c1-3-13-32(14-4-1)39-18-9-11-20-41(39)36-25-26-48-46(29-36)47-31-38(43-22-12-10-19-40(43)33-15-5-2-6-16-33)30-45(49(47)50-48)37-24-23-35-27-34-17-7-8-21-42(34)44(35)28-37/h1-26,28-31H,27H2. The van der Waals surface area contributed by atoms with Crippen molar-refractivity contribution < 1.29 is 4.42 Å². The Morgan fingerprint density at radius 2 is 0.780 bits per heavy atom. The molecule has 0 N–H and O–H groups in total. The fourth-order valence-corrected chi connectivity index (χ4v) is 7.92. The minimum Gasteiger partial charge on any atom is -0.455 e. The highest BCUT2D eigenvalue weighted by Crippen LogP contribution is 2.45. The highest BCUT2D eigenvalue weighted by molar-refractivity contribution is 6.13. The molecule has 0 atom stereocenters. The lowest BCUT2D eigenvalue weighted by molar-refractivity contribution is 0.670. The van der Waals surface area contributed by atoms with Crippen LogP contribution in [0.1, 0.15) is 11.1 Å². The molecule has 0 fully saturated rings. The van der Waals surface area contributed by atoms with Crippen molar-refractivity contribution in [3.05, 3.63) is 193 Å². The second-order valence-electron chi connectivity index (χ2n) is 13.2. The quantitative estimate of drug-likeness (QED) is 0.183. The molecule has 10 rings (SSSR count). The molecule has 0 unspecified atom stereocenters. The van der Waals surface area contributed by atoms with Gasteiger partial charge in [-0.3, -0.25) is 0 Å². The lowest BCUT2D eigenvalue weighted by Gasteiger charge is -2.13. The molecule has 8 aromatic carbocycles. The van der Waals surface area contributed by atoms with E-state index < -0.39 is 0 Å². The molecule has 0 saturated heterocycles. The number of rotatable bonds is 5. The fourth-order valence-electron chi connectivity index (χ4n) is 7.92. The van der Waals surface area contributed by atoms with Crippen LogP contribution in [-0.4, -0.2) is 0 Å². The Morgan fingerprint density at radius 3 is 1.46 bits per heavy atom. The molecule has 234 valence electrons. The van der Waals surface area contributed by atoms with Crippen molar-refractivity contribution in [1.82, 2.24) is 0 Å². The van der Waals surface area contributed by atoms with Crippen LogP contribution in [0.15, 0.2) is 186 Å². The molecule has 1 nitrogen and oxygen atoms in total. The lowest BCUT2D eigenvalue weighted by atomic mass is 9.90. The monoisotopic (exact) mass is 636 g/mol. The van der Waals surface area contributed by atoms with Gasteiger partial charge in [-0.2, -0.15) is 0 Å². The van der Waals surface area contributed by atoms with Crippen LogP contribution < -0.4 is 0 Å². The zero-order valence-electron chi connectivity index (χ0n) is 27.4. The number of furan rings is 1. The van der Waals surface area contributed by atoms with Crippen LogP contribution in [0.4, 0.5) is 0 Å². The third-order valence-corrected chi connectivity index (χ3v) is 10.3. The smallest absolute Gasteiger partial charge is 0.143 e. The van der Waals surface area contributed by atoms with E-state index in [9.17, 15) is 0 Å².